The Labute approximate surface area is 135 Å². The minimum atomic E-state index is 0.229. The molecule has 0 saturated heterocycles. The van der Waals surface area contributed by atoms with Crippen molar-refractivity contribution in [2.45, 2.75) is 39.4 Å². The van der Waals surface area contributed by atoms with Crippen LogP contribution in [0.15, 0.2) is 60.7 Å². The zero-order valence-electron chi connectivity index (χ0n) is 13.8. The molecule has 0 aliphatic rings. The lowest BCUT2D eigenvalue weighted by Crippen LogP contribution is -2.37. The summed E-state index contributed by atoms with van der Waals surface area (Å²) in [6.45, 7) is 7.29. The molecular formula is C20H28N2. The maximum Gasteiger partial charge on any atom is 0.0237 e. The van der Waals surface area contributed by atoms with Gasteiger partial charge in [-0.05, 0) is 23.5 Å². The molecule has 2 nitrogen and oxygen atoms in total. The molecule has 0 aliphatic heterocycles. The molecule has 1 unspecified atom stereocenters. The van der Waals surface area contributed by atoms with E-state index in [-0.39, 0.29) is 6.04 Å². The minimum Gasteiger partial charge on any atom is -0.327 e. The van der Waals surface area contributed by atoms with Crippen LogP contribution in [0, 0.1) is 5.92 Å². The molecule has 2 aromatic carbocycles. The third kappa shape index (κ3) is 6.00. The summed E-state index contributed by atoms with van der Waals surface area (Å²) in [7, 11) is 0. The summed E-state index contributed by atoms with van der Waals surface area (Å²) in [5.41, 5.74) is 9.03. The largest absolute Gasteiger partial charge is 0.327 e. The molecule has 0 heterocycles. The monoisotopic (exact) mass is 296 g/mol. The fraction of sp³-hybridized carbons (Fsp3) is 0.400. The minimum absolute atomic E-state index is 0.229. The molecule has 0 saturated carbocycles. The molecule has 2 heteroatoms. The Hall–Kier alpha value is -1.64. The van der Waals surface area contributed by atoms with E-state index in [2.05, 4.69) is 79.4 Å². The molecule has 2 N–H and O–H groups in total. The van der Waals surface area contributed by atoms with E-state index in [4.69, 9.17) is 5.73 Å². The van der Waals surface area contributed by atoms with Gasteiger partial charge in [0.05, 0.1) is 0 Å². The first-order chi connectivity index (χ1) is 10.6. The maximum atomic E-state index is 6.34. The SMILES string of the molecule is CC(C)CC(N)CN(Cc1ccccc1)Cc1ccccc1. The van der Waals surface area contributed by atoms with E-state index in [0.29, 0.717) is 5.92 Å². The number of nitrogens with two attached hydrogens (primary N) is 1. The summed E-state index contributed by atoms with van der Waals surface area (Å²) < 4.78 is 0. The molecule has 0 spiro atoms. The summed E-state index contributed by atoms with van der Waals surface area (Å²) in [6.07, 6.45) is 1.07. The van der Waals surface area contributed by atoms with E-state index in [9.17, 15) is 0 Å². The average Bonchev–Trinajstić information content (AvgIpc) is 2.48. The van der Waals surface area contributed by atoms with E-state index in [1.807, 2.05) is 0 Å². The smallest absolute Gasteiger partial charge is 0.0237 e. The third-order valence-electron chi connectivity index (χ3n) is 3.76. The Kier molecular flexibility index (Phi) is 6.63. The fourth-order valence-corrected chi connectivity index (χ4v) is 2.88. The van der Waals surface area contributed by atoms with E-state index in [1.165, 1.54) is 11.1 Å². The number of hydrogen-bond donors (Lipinski definition) is 1. The molecule has 0 aliphatic carbocycles. The van der Waals surface area contributed by atoms with Crippen molar-refractivity contribution in [3.8, 4) is 0 Å². The molecule has 2 rings (SSSR count). The summed E-state index contributed by atoms with van der Waals surface area (Å²) in [6, 6.07) is 21.5. The van der Waals surface area contributed by atoms with Crippen molar-refractivity contribution in [2.75, 3.05) is 6.54 Å². The maximum absolute atomic E-state index is 6.34. The van der Waals surface area contributed by atoms with Gasteiger partial charge in [0.25, 0.3) is 0 Å². The van der Waals surface area contributed by atoms with Crippen molar-refractivity contribution in [3.63, 3.8) is 0 Å². The van der Waals surface area contributed by atoms with Crippen molar-refractivity contribution in [1.82, 2.24) is 4.90 Å². The lowest BCUT2D eigenvalue weighted by molar-refractivity contribution is 0.230. The number of benzene rings is 2. The van der Waals surface area contributed by atoms with Gasteiger partial charge in [-0.15, -0.1) is 0 Å². The first-order valence-electron chi connectivity index (χ1n) is 8.19. The lowest BCUT2D eigenvalue weighted by atomic mass is 10.0. The highest BCUT2D eigenvalue weighted by molar-refractivity contribution is 5.17. The van der Waals surface area contributed by atoms with Crippen molar-refractivity contribution in [3.05, 3.63) is 71.8 Å². The molecule has 118 valence electrons. The first kappa shape index (κ1) is 16.7. The van der Waals surface area contributed by atoms with Crippen LogP contribution in [-0.4, -0.2) is 17.5 Å². The second-order valence-electron chi connectivity index (χ2n) is 6.53. The molecule has 1 atom stereocenters. The van der Waals surface area contributed by atoms with Gasteiger partial charge in [0.2, 0.25) is 0 Å². The standard InChI is InChI=1S/C20H28N2/c1-17(2)13-20(21)16-22(14-18-9-5-3-6-10-18)15-19-11-7-4-8-12-19/h3-12,17,20H,13-16,21H2,1-2H3. The molecule has 22 heavy (non-hydrogen) atoms. The van der Waals surface area contributed by atoms with Crippen LogP contribution in [0.4, 0.5) is 0 Å². The van der Waals surface area contributed by atoms with E-state index < -0.39 is 0 Å². The predicted molar refractivity (Wildman–Crippen MR) is 94.4 cm³/mol. The molecule has 0 aromatic heterocycles. The average molecular weight is 296 g/mol. The normalized spacial score (nSPS) is 12.8. The van der Waals surface area contributed by atoms with Gasteiger partial charge in [0.1, 0.15) is 0 Å². The van der Waals surface area contributed by atoms with Gasteiger partial charge in [-0.2, -0.15) is 0 Å². The van der Waals surface area contributed by atoms with Crippen molar-refractivity contribution in [1.29, 1.82) is 0 Å². The Morgan fingerprint density at radius 1 is 0.818 bits per heavy atom. The van der Waals surface area contributed by atoms with E-state index in [0.717, 1.165) is 26.1 Å². The first-order valence-corrected chi connectivity index (χ1v) is 8.19. The van der Waals surface area contributed by atoms with Gasteiger partial charge in [0.15, 0.2) is 0 Å². The Morgan fingerprint density at radius 3 is 1.68 bits per heavy atom. The summed E-state index contributed by atoms with van der Waals surface area (Å²) >= 11 is 0. The molecule has 0 amide bonds. The Bertz CT molecular complexity index is 480. The van der Waals surface area contributed by atoms with Gasteiger partial charge in [-0.3, -0.25) is 4.90 Å². The van der Waals surface area contributed by atoms with Crippen LogP contribution in [0.3, 0.4) is 0 Å². The summed E-state index contributed by atoms with van der Waals surface area (Å²) in [5, 5.41) is 0. The van der Waals surface area contributed by atoms with Crippen molar-refractivity contribution >= 4 is 0 Å². The van der Waals surface area contributed by atoms with Crippen LogP contribution >= 0.6 is 0 Å². The fourth-order valence-electron chi connectivity index (χ4n) is 2.88. The zero-order valence-corrected chi connectivity index (χ0v) is 13.8. The number of nitrogens with zero attached hydrogens (tertiary/aromatic N) is 1. The van der Waals surface area contributed by atoms with Crippen LogP contribution in [0.2, 0.25) is 0 Å². The highest BCUT2D eigenvalue weighted by atomic mass is 15.1. The summed E-state index contributed by atoms with van der Waals surface area (Å²) in [4.78, 5) is 2.46. The van der Waals surface area contributed by atoms with Crippen molar-refractivity contribution < 1.29 is 0 Å². The Morgan fingerprint density at radius 2 is 1.27 bits per heavy atom. The van der Waals surface area contributed by atoms with Crippen LogP contribution in [-0.2, 0) is 13.1 Å². The summed E-state index contributed by atoms with van der Waals surface area (Å²) in [5.74, 6) is 0.644. The van der Waals surface area contributed by atoms with Gasteiger partial charge in [-0.1, -0.05) is 74.5 Å². The van der Waals surface area contributed by atoms with Gasteiger partial charge >= 0.3 is 0 Å². The van der Waals surface area contributed by atoms with Gasteiger partial charge in [0, 0.05) is 25.7 Å². The van der Waals surface area contributed by atoms with Gasteiger partial charge in [-0.25, -0.2) is 0 Å². The van der Waals surface area contributed by atoms with E-state index in [1.54, 1.807) is 0 Å². The third-order valence-corrected chi connectivity index (χ3v) is 3.76. The number of hydrogen-bond acceptors (Lipinski definition) is 2. The quantitative estimate of drug-likeness (QED) is 0.796. The predicted octanol–water partition coefficient (Wildman–Crippen LogP) is 4.06. The van der Waals surface area contributed by atoms with Crippen LogP contribution in [0.1, 0.15) is 31.4 Å². The van der Waals surface area contributed by atoms with Gasteiger partial charge < -0.3 is 5.73 Å². The molecule has 0 radical (unpaired) electrons. The highest BCUT2D eigenvalue weighted by Crippen LogP contribution is 2.12. The van der Waals surface area contributed by atoms with Crippen LogP contribution in [0.5, 0.6) is 0 Å². The topological polar surface area (TPSA) is 29.3 Å². The molecule has 2 aromatic rings. The van der Waals surface area contributed by atoms with Crippen LogP contribution in [0.25, 0.3) is 0 Å². The molecular weight excluding hydrogens is 268 g/mol. The highest BCUT2D eigenvalue weighted by Gasteiger charge is 2.13. The lowest BCUT2D eigenvalue weighted by Gasteiger charge is -2.26. The number of rotatable bonds is 8. The van der Waals surface area contributed by atoms with Crippen LogP contribution < -0.4 is 5.73 Å². The second-order valence-corrected chi connectivity index (χ2v) is 6.53. The zero-order chi connectivity index (χ0) is 15.8. The Balaban J connectivity index is 2.03. The molecule has 0 fully saturated rings. The molecule has 0 bridgehead atoms. The van der Waals surface area contributed by atoms with Crippen molar-refractivity contribution in [2.24, 2.45) is 11.7 Å². The van der Waals surface area contributed by atoms with E-state index >= 15 is 0 Å². The second kappa shape index (κ2) is 8.72.